The van der Waals surface area contributed by atoms with Gasteiger partial charge in [0.05, 0.1) is 6.42 Å². The second kappa shape index (κ2) is 6.32. The molecule has 2 aromatic carbocycles. The minimum Gasteiger partial charge on any atom is -0.507 e. The second-order valence-corrected chi connectivity index (χ2v) is 6.40. The highest BCUT2D eigenvalue weighted by molar-refractivity contribution is 9.10. The summed E-state index contributed by atoms with van der Waals surface area (Å²) in [4.78, 5) is 4.40. The lowest BCUT2D eigenvalue weighted by atomic mass is 10.1. The molecule has 0 radical (unpaired) electrons. The summed E-state index contributed by atoms with van der Waals surface area (Å²) in [6.45, 7) is 0. The van der Waals surface area contributed by atoms with Gasteiger partial charge in [-0.1, -0.05) is 45.2 Å². The van der Waals surface area contributed by atoms with E-state index in [2.05, 4.69) is 20.9 Å². The standard InChI is InChI=1S/C16H10BrCl2NO2/c17-9-4-5-15(21)11(6-9)14-8-22-16(20-14)7-10-12(18)2-1-3-13(10)19/h1-6,8,21H,7H2. The number of hydrogen-bond acceptors (Lipinski definition) is 3. The van der Waals surface area contributed by atoms with Gasteiger partial charge in [-0.3, -0.25) is 0 Å². The van der Waals surface area contributed by atoms with E-state index in [1.807, 2.05) is 0 Å². The topological polar surface area (TPSA) is 46.3 Å². The summed E-state index contributed by atoms with van der Waals surface area (Å²) in [6.07, 6.45) is 1.88. The van der Waals surface area contributed by atoms with Gasteiger partial charge in [-0.05, 0) is 35.9 Å². The molecule has 1 heterocycles. The van der Waals surface area contributed by atoms with Crippen molar-refractivity contribution in [2.75, 3.05) is 0 Å². The van der Waals surface area contributed by atoms with Crippen LogP contribution in [0.15, 0.2) is 51.6 Å². The van der Waals surface area contributed by atoms with E-state index < -0.39 is 0 Å². The van der Waals surface area contributed by atoms with E-state index in [9.17, 15) is 5.11 Å². The second-order valence-electron chi connectivity index (χ2n) is 4.66. The maximum absolute atomic E-state index is 9.93. The van der Waals surface area contributed by atoms with Crippen LogP contribution in [-0.2, 0) is 6.42 Å². The molecule has 0 spiro atoms. The number of aromatic nitrogens is 1. The van der Waals surface area contributed by atoms with E-state index >= 15 is 0 Å². The molecular weight excluding hydrogens is 389 g/mol. The van der Waals surface area contributed by atoms with Gasteiger partial charge in [0.15, 0.2) is 5.89 Å². The highest BCUT2D eigenvalue weighted by Gasteiger charge is 2.14. The molecule has 3 aromatic rings. The summed E-state index contributed by atoms with van der Waals surface area (Å²) in [5, 5.41) is 11.1. The van der Waals surface area contributed by atoms with Crippen LogP contribution < -0.4 is 0 Å². The molecule has 0 saturated heterocycles. The summed E-state index contributed by atoms with van der Waals surface area (Å²) in [7, 11) is 0. The Hall–Kier alpha value is -1.49. The summed E-state index contributed by atoms with van der Waals surface area (Å²) < 4.78 is 6.32. The molecule has 0 aliphatic heterocycles. The predicted molar refractivity (Wildman–Crippen MR) is 90.6 cm³/mol. The van der Waals surface area contributed by atoms with Crippen molar-refractivity contribution in [2.24, 2.45) is 0 Å². The maximum Gasteiger partial charge on any atom is 0.199 e. The SMILES string of the molecule is Oc1ccc(Br)cc1-c1coc(Cc2c(Cl)cccc2Cl)n1. The van der Waals surface area contributed by atoms with Crippen molar-refractivity contribution < 1.29 is 9.52 Å². The Morgan fingerprint density at radius 2 is 1.86 bits per heavy atom. The first-order valence-electron chi connectivity index (χ1n) is 6.41. The molecule has 0 bridgehead atoms. The lowest BCUT2D eigenvalue weighted by molar-refractivity contribution is 0.477. The van der Waals surface area contributed by atoms with E-state index in [0.29, 0.717) is 33.6 Å². The molecule has 3 nitrogen and oxygen atoms in total. The highest BCUT2D eigenvalue weighted by atomic mass is 79.9. The van der Waals surface area contributed by atoms with Crippen LogP contribution in [0.1, 0.15) is 11.5 Å². The van der Waals surface area contributed by atoms with E-state index in [4.69, 9.17) is 27.6 Å². The van der Waals surface area contributed by atoms with Crippen LogP contribution in [0.2, 0.25) is 10.0 Å². The van der Waals surface area contributed by atoms with Crippen LogP contribution in [0, 0.1) is 0 Å². The molecule has 6 heteroatoms. The Kier molecular flexibility index (Phi) is 4.43. The first-order chi connectivity index (χ1) is 10.5. The summed E-state index contributed by atoms with van der Waals surface area (Å²) in [5.74, 6) is 0.614. The van der Waals surface area contributed by atoms with Gasteiger partial charge in [-0.15, -0.1) is 0 Å². The van der Waals surface area contributed by atoms with E-state index in [0.717, 1.165) is 10.0 Å². The number of oxazole rings is 1. The van der Waals surface area contributed by atoms with Crippen molar-refractivity contribution in [1.29, 1.82) is 0 Å². The number of hydrogen-bond donors (Lipinski definition) is 1. The summed E-state index contributed by atoms with van der Waals surface area (Å²) >= 11 is 15.7. The fourth-order valence-electron chi connectivity index (χ4n) is 2.08. The Morgan fingerprint density at radius 1 is 1.14 bits per heavy atom. The number of phenolic OH excluding ortho intramolecular Hbond substituents is 1. The van der Waals surface area contributed by atoms with Gasteiger partial charge in [-0.2, -0.15) is 0 Å². The Morgan fingerprint density at radius 3 is 2.59 bits per heavy atom. The molecule has 0 amide bonds. The minimum absolute atomic E-state index is 0.138. The maximum atomic E-state index is 9.93. The Balaban J connectivity index is 1.93. The van der Waals surface area contributed by atoms with E-state index in [-0.39, 0.29) is 5.75 Å². The zero-order chi connectivity index (χ0) is 15.7. The lowest BCUT2D eigenvalue weighted by Gasteiger charge is -2.03. The predicted octanol–water partition coefficient (Wildman–Crippen LogP) is 5.71. The summed E-state index contributed by atoms with van der Waals surface area (Å²) in [5.41, 5.74) is 1.91. The Bertz CT molecular complexity index is 813. The molecule has 3 rings (SSSR count). The number of halogens is 3. The smallest absolute Gasteiger partial charge is 0.199 e. The normalized spacial score (nSPS) is 10.9. The van der Waals surface area contributed by atoms with Gasteiger partial charge in [0.1, 0.15) is 17.7 Å². The fourth-order valence-corrected chi connectivity index (χ4v) is 2.97. The highest BCUT2D eigenvalue weighted by Crippen LogP contribution is 2.32. The lowest BCUT2D eigenvalue weighted by Crippen LogP contribution is -1.91. The zero-order valence-corrected chi connectivity index (χ0v) is 14.3. The van der Waals surface area contributed by atoms with Crippen LogP contribution in [0.3, 0.4) is 0 Å². The van der Waals surface area contributed by atoms with Crippen LogP contribution >= 0.6 is 39.1 Å². The first-order valence-corrected chi connectivity index (χ1v) is 7.95. The molecule has 0 atom stereocenters. The molecule has 1 N–H and O–H groups in total. The molecule has 112 valence electrons. The largest absolute Gasteiger partial charge is 0.507 e. The quantitative estimate of drug-likeness (QED) is 0.614. The number of rotatable bonds is 3. The third kappa shape index (κ3) is 3.14. The third-order valence-corrected chi connectivity index (χ3v) is 4.38. The number of nitrogens with zero attached hydrogens (tertiary/aromatic N) is 1. The molecular formula is C16H10BrCl2NO2. The van der Waals surface area contributed by atoms with Gasteiger partial charge in [0, 0.05) is 20.1 Å². The zero-order valence-electron chi connectivity index (χ0n) is 11.2. The molecule has 0 aliphatic carbocycles. The van der Waals surface area contributed by atoms with Crippen LogP contribution in [-0.4, -0.2) is 10.1 Å². The van der Waals surface area contributed by atoms with E-state index in [1.54, 1.807) is 36.4 Å². The number of aromatic hydroxyl groups is 1. The molecule has 1 aromatic heterocycles. The van der Waals surface area contributed by atoms with Crippen LogP contribution in [0.25, 0.3) is 11.3 Å². The Labute approximate surface area is 145 Å². The van der Waals surface area contributed by atoms with Crippen molar-refractivity contribution in [2.45, 2.75) is 6.42 Å². The molecule has 0 unspecified atom stereocenters. The molecule has 22 heavy (non-hydrogen) atoms. The van der Waals surface area contributed by atoms with Gasteiger partial charge in [-0.25, -0.2) is 4.98 Å². The monoisotopic (exact) mass is 397 g/mol. The van der Waals surface area contributed by atoms with Gasteiger partial charge >= 0.3 is 0 Å². The minimum atomic E-state index is 0.138. The van der Waals surface area contributed by atoms with E-state index in [1.165, 1.54) is 6.26 Å². The van der Waals surface area contributed by atoms with Crippen molar-refractivity contribution in [1.82, 2.24) is 4.98 Å². The fraction of sp³-hybridized carbons (Fsp3) is 0.0625. The molecule has 0 fully saturated rings. The molecule has 0 saturated carbocycles. The van der Waals surface area contributed by atoms with Gasteiger partial charge in [0.2, 0.25) is 0 Å². The average Bonchev–Trinajstić information content (AvgIpc) is 2.94. The van der Waals surface area contributed by atoms with Crippen LogP contribution in [0.5, 0.6) is 5.75 Å². The summed E-state index contributed by atoms with van der Waals surface area (Å²) in [6, 6.07) is 10.5. The number of benzene rings is 2. The van der Waals surface area contributed by atoms with Crippen molar-refractivity contribution in [3.8, 4) is 17.0 Å². The average molecular weight is 399 g/mol. The van der Waals surface area contributed by atoms with Crippen molar-refractivity contribution in [3.05, 3.63) is 68.6 Å². The number of phenols is 1. The van der Waals surface area contributed by atoms with Crippen molar-refractivity contribution >= 4 is 39.1 Å². The van der Waals surface area contributed by atoms with Crippen LogP contribution in [0.4, 0.5) is 0 Å². The first kappa shape index (κ1) is 15.4. The van der Waals surface area contributed by atoms with Crippen molar-refractivity contribution in [3.63, 3.8) is 0 Å². The van der Waals surface area contributed by atoms with Gasteiger partial charge in [0.25, 0.3) is 0 Å². The molecule has 0 aliphatic rings. The third-order valence-electron chi connectivity index (χ3n) is 3.18. The van der Waals surface area contributed by atoms with Gasteiger partial charge < -0.3 is 9.52 Å².